The van der Waals surface area contributed by atoms with Crippen molar-refractivity contribution in [2.45, 2.75) is 130 Å². The number of ether oxygens (including phenoxy) is 2. The lowest BCUT2D eigenvalue weighted by molar-refractivity contribution is -0.407. The summed E-state index contributed by atoms with van der Waals surface area (Å²) in [6.07, 6.45) is 6.33. The Balaban J connectivity index is 2.69. The molecule has 1 rings (SSSR count). The Morgan fingerprint density at radius 2 is 1.24 bits per heavy atom. The van der Waals surface area contributed by atoms with Gasteiger partial charge >= 0.3 is 6.18 Å². The van der Waals surface area contributed by atoms with E-state index in [9.17, 15) is 18.3 Å². The molecule has 0 aliphatic rings. The minimum Gasteiger partial charge on any atom is -0.343 e. The van der Waals surface area contributed by atoms with Gasteiger partial charge in [0.05, 0.1) is 17.8 Å². The second-order valence-corrected chi connectivity index (χ2v) is 9.66. The van der Waals surface area contributed by atoms with E-state index in [1.165, 1.54) is 25.7 Å². The van der Waals surface area contributed by atoms with Crippen molar-refractivity contribution in [1.29, 1.82) is 0 Å². The number of benzene rings is 1. The number of unbranched alkanes of at least 4 members (excludes halogenated alkanes) is 6. The van der Waals surface area contributed by atoms with Crippen LogP contribution in [0.15, 0.2) is 24.3 Å². The van der Waals surface area contributed by atoms with Crippen LogP contribution in [0, 0.1) is 5.92 Å². The van der Waals surface area contributed by atoms with Gasteiger partial charge in [0.15, 0.2) is 0 Å². The van der Waals surface area contributed by atoms with E-state index in [2.05, 4.69) is 6.92 Å². The number of rotatable bonds is 17. The maximum atomic E-state index is 12.7. The molecule has 3 nitrogen and oxygen atoms in total. The van der Waals surface area contributed by atoms with Crippen molar-refractivity contribution in [2.24, 2.45) is 5.92 Å². The molecule has 0 aliphatic heterocycles. The maximum Gasteiger partial charge on any atom is 0.416 e. The van der Waals surface area contributed by atoms with E-state index in [0.29, 0.717) is 6.42 Å². The van der Waals surface area contributed by atoms with Gasteiger partial charge in [-0.2, -0.15) is 13.2 Å². The van der Waals surface area contributed by atoms with Gasteiger partial charge in [-0.25, -0.2) is 0 Å². The van der Waals surface area contributed by atoms with E-state index in [1.807, 2.05) is 27.7 Å². The van der Waals surface area contributed by atoms with Crippen molar-refractivity contribution in [2.75, 3.05) is 0 Å². The van der Waals surface area contributed by atoms with Crippen molar-refractivity contribution in [3.63, 3.8) is 0 Å². The molecule has 0 bridgehead atoms. The number of hydrogen-bond acceptors (Lipinski definition) is 3. The number of halogens is 3. The summed E-state index contributed by atoms with van der Waals surface area (Å²) in [6.45, 7) is 9.76. The summed E-state index contributed by atoms with van der Waals surface area (Å²) in [5, 5.41) is 11.3. The first-order valence-corrected chi connectivity index (χ1v) is 12.7. The molecule has 0 amide bonds. The summed E-state index contributed by atoms with van der Waals surface area (Å²) in [7, 11) is 0. The molecule has 0 fully saturated rings. The van der Waals surface area contributed by atoms with Crippen molar-refractivity contribution in [3.05, 3.63) is 35.4 Å². The summed E-state index contributed by atoms with van der Waals surface area (Å²) < 4.78 is 50.0. The zero-order valence-corrected chi connectivity index (χ0v) is 21.2. The van der Waals surface area contributed by atoms with Gasteiger partial charge in [0.1, 0.15) is 0 Å². The van der Waals surface area contributed by atoms with Gasteiger partial charge in [-0.15, -0.1) is 0 Å². The van der Waals surface area contributed by atoms with Crippen LogP contribution in [-0.2, 0) is 22.1 Å². The largest absolute Gasteiger partial charge is 0.416 e. The Bertz CT molecular complexity index is 616. The highest BCUT2D eigenvalue weighted by atomic mass is 19.4. The molecule has 1 atom stereocenters. The average Bonchev–Trinajstić information content (AvgIpc) is 2.70. The summed E-state index contributed by atoms with van der Waals surface area (Å²) in [4.78, 5) is 0. The molecule has 33 heavy (non-hydrogen) atoms. The van der Waals surface area contributed by atoms with Crippen LogP contribution in [-0.4, -0.2) is 23.3 Å². The van der Waals surface area contributed by atoms with Crippen molar-refractivity contribution in [3.8, 4) is 0 Å². The smallest absolute Gasteiger partial charge is 0.343 e. The molecule has 0 heterocycles. The van der Waals surface area contributed by atoms with Gasteiger partial charge in [-0.05, 0) is 71.1 Å². The molecule has 1 aromatic rings. The summed E-state index contributed by atoms with van der Waals surface area (Å²) >= 11 is 0. The summed E-state index contributed by atoms with van der Waals surface area (Å²) in [5.41, 5.74) is 0.273. The van der Waals surface area contributed by atoms with E-state index in [1.54, 1.807) is 12.1 Å². The number of aliphatic hydroxyl groups is 1. The molecule has 192 valence electrons. The highest BCUT2D eigenvalue weighted by Crippen LogP contribution is 2.34. The van der Waals surface area contributed by atoms with Crippen molar-refractivity contribution < 1.29 is 27.8 Å². The number of aryl methyl sites for hydroxylation is 1. The van der Waals surface area contributed by atoms with Gasteiger partial charge in [-0.3, -0.25) is 0 Å². The lowest BCUT2D eigenvalue weighted by Crippen LogP contribution is -2.47. The fourth-order valence-electron chi connectivity index (χ4n) is 4.16. The van der Waals surface area contributed by atoms with E-state index in [4.69, 9.17) is 9.47 Å². The Kier molecular flexibility index (Phi) is 13.6. The lowest BCUT2D eigenvalue weighted by atomic mass is 9.91. The fraction of sp³-hybridized carbons (Fsp3) is 0.778. The first kappa shape index (κ1) is 29.9. The zero-order chi connectivity index (χ0) is 24.9. The van der Waals surface area contributed by atoms with Crippen LogP contribution in [0.2, 0.25) is 0 Å². The van der Waals surface area contributed by atoms with Crippen LogP contribution in [0.3, 0.4) is 0 Å². The Labute approximate surface area is 199 Å². The van der Waals surface area contributed by atoms with Gasteiger partial charge in [0.25, 0.3) is 5.97 Å². The molecular weight excluding hydrogens is 429 g/mol. The maximum absolute atomic E-state index is 12.7. The van der Waals surface area contributed by atoms with Crippen LogP contribution in [0.1, 0.15) is 110 Å². The third-order valence-electron chi connectivity index (χ3n) is 5.78. The molecule has 0 aliphatic carbocycles. The molecular formula is C27H45F3O3. The Morgan fingerprint density at radius 3 is 1.73 bits per heavy atom. The normalized spacial score (nSPS) is 13.8. The molecule has 1 N–H and O–H groups in total. The molecule has 6 heteroatoms. The monoisotopic (exact) mass is 474 g/mol. The zero-order valence-electron chi connectivity index (χ0n) is 21.2. The van der Waals surface area contributed by atoms with Crippen LogP contribution in [0.25, 0.3) is 0 Å². The van der Waals surface area contributed by atoms with E-state index >= 15 is 0 Å². The van der Waals surface area contributed by atoms with E-state index < -0.39 is 17.7 Å². The van der Waals surface area contributed by atoms with Gasteiger partial charge in [0.2, 0.25) is 0 Å². The van der Waals surface area contributed by atoms with Crippen LogP contribution in [0.4, 0.5) is 13.2 Å². The van der Waals surface area contributed by atoms with Crippen molar-refractivity contribution in [1.82, 2.24) is 0 Å². The van der Waals surface area contributed by atoms with Gasteiger partial charge < -0.3 is 14.6 Å². The SMILES string of the molecule is CCCCCCCCC(CCCCc1ccc(C(F)(F)F)cc1)C(O)(OC(C)C)OC(C)C. The predicted molar refractivity (Wildman–Crippen MR) is 128 cm³/mol. The number of hydrogen-bond donors (Lipinski definition) is 1. The Hall–Kier alpha value is -1.11. The lowest BCUT2D eigenvalue weighted by Gasteiger charge is -2.38. The molecule has 0 saturated heterocycles. The molecule has 0 saturated carbocycles. The summed E-state index contributed by atoms with van der Waals surface area (Å²) in [6, 6.07) is 5.39. The molecule has 1 unspecified atom stereocenters. The second-order valence-electron chi connectivity index (χ2n) is 9.66. The standard InChI is InChI=1S/C27H45F3O3/c1-6-7-8-9-10-11-15-25(27(31,32-21(2)3)33-22(4)5)16-13-12-14-23-17-19-24(20-18-23)26(28,29)30/h17-22,25,31H,6-16H2,1-5H3. The molecule has 1 aromatic carbocycles. The van der Waals surface area contributed by atoms with E-state index in [0.717, 1.165) is 56.2 Å². The second kappa shape index (κ2) is 15.0. The topological polar surface area (TPSA) is 38.7 Å². The first-order valence-electron chi connectivity index (χ1n) is 12.7. The number of alkyl halides is 3. The molecule has 0 radical (unpaired) electrons. The quantitative estimate of drug-likeness (QED) is 0.182. The van der Waals surface area contributed by atoms with E-state index in [-0.39, 0.29) is 18.1 Å². The van der Waals surface area contributed by atoms with Gasteiger partial charge in [-0.1, -0.05) is 64.0 Å². The van der Waals surface area contributed by atoms with Crippen LogP contribution >= 0.6 is 0 Å². The third kappa shape index (κ3) is 12.2. The first-order chi connectivity index (χ1) is 15.5. The molecule has 0 aromatic heterocycles. The minimum absolute atomic E-state index is 0.152. The minimum atomic E-state index is -4.31. The predicted octanol–water partition coefficient (Wildman–Crippen LogP) is 8.28. The van der Waals surface area contributed by atoms with Crippen molar-refractivity contribution >= 4 is 0 Å². The highest BCUT2D eigenvalue weighted by Gasteiger charge is 2.40. The molecule has 0 spiro atoms. The van der Waals surface area contributed by atoms with Crippen LogP contribution in [0.5, 0.6) is 0 Å². The Morgan fingerprint density at radius 1 is 0.758 bits per heavy atom. The summed E-state index contributed by atoms with van der Waals surface area (Å²) in [5.74, 6) is -1.78. The average molecular weight is 475 g/mol. The fourth-order valence-corrected chi connectivity index (χ4v) is 4.16. The third-order valence-corrected chi connectivity index (χ3v) is 5.78. The van der Waals surface area contributed by atoms with Gasteiger partial charge in [0, 0.05) is 5.92 Å². The highest BCUT2D eigenvalue weighted by molar-refractivity contribution is 5.24. The van der Waals surface area contributed by atoms with Crippen LogP contribution < -0.4 is 0 Å².